The molecule has 0 saturated carbocycles. The highest BCUT2D eigenvalue weighted by molar-refractivity contribution is 4.53. The third-order valence-corrected chi connectivity index (χ3v) is 1.82. The predicted molar refractivity (Wildman–Crippen MR) is 42.7 cm³/mol. The van der Waals surface area contributed by atoms with Gasteiger partial charge in [-0.05, 0) is 25.7 Å². The van der Waals surface area contributed by atoms with Gasteiger partial charge in [-0.2, -0.15) is 0 Å². The summed E-state index contributed by atoms with van der Waals surface area (Å²) in [5, 5.41) is 8.02. The highest BCUT2D eigenvalue weighted by atomic mass is 17.1. The van der Waals surface area contributed by atoms with Crippen LogP contribution in [0.5, 0.6) is 0 Å². The molecule has 1 aliphatic heterocycles. The Labute approximate surface area is 72.4 Å². The molecule has 0 aromatic rings. The van der Waals surface area contributed by atoms with Crippen molar-refractivity contribution in [1.82, 2.24) is 0 Å². The fourth-order valence-electron chi connectivity index (χ4n) is 1.18. The topological polar surface area (TPSA) is 47.9 Å². The van der Waals surface area contributed by atoms with Gasteiger partial charge in [0.1, 0.15) is 0 Å². The van der Waals surface area contributed by atoms with Gasteiger partial charge in [-0.3, -0.25) is 5.26 Å². The zero-order valence-electron chi connectivity index (χ0n) is 7.20. The van der Waals surface area contributed by atoms with E-state index >= 15 is 0 Å². The fourth-order valence-corrected chi connectivity index (χ4v) is 1.18. The summed E-state index contributed by atoms with van der Waals surface area (Å²) < 4.78 is 10.7. The summed E-state index contributed by atoms with van der Waals surface area (Å²) in [6.45, 7) is 1.72. The molecular weight excluding hydrogens is 160 g/mol. The van der Waals surface area contributed by atoms with E-state index in [0.717, 1.165) is 19.4 Å². The number of rotatable bonds is 5. The minimum atomic E-state index is -0.0301. The Balaban J connectivity index is 1.91. The number of hydrogen-bond acceptors (Lipinski definition) is 4. The maximum Gasteiger partial charge on any atom is 0.157 e. The zero-order valence-corrected chi connectivity index (χ0v) is 7.20. The molecule has 4 heteroatoms. The van der Waals surface area contributed by atoms with Crippen LogP contribution >= 0.6 is 0 Å². The first kappa shape index (κ1) is 9.92. The van der Waals surface area contributed by atoms with Crippen molar-refractivity contribution in [3.05, 3.63) is 0 Å². The van der Waals surface area contributed by atoms with Gasteiger partial charge in [0, 0.05) is 6.61 Å². The van der Waals surface area contributed by atoms with Gasteiger partial charge in [0.05, 0.1) is 13.2 Å². The van der Waals surface area contributed by atoms with Crippen molar-refractivity contribution in [3.63, 3.8) is 0 Å². The van der Waals surface area contributed by atoms with Crippen molar-refractivity contribution < 1.29 is 19.6 Å². The minimum absolute atomic E-state index is 0.0301. The first-order valence-corrected chi connectivity index (χ1v) is 4.43. The molecule has 1 N–H and O–H groups in total. The molecule has 1 heterocycles. The lowest BCUT2D eigenvalue weighted by Crippen LogP contribution is -2.22. The molecule has 1 unspecified atom stereocenters. The van der Waals surface area contributed by atoms with Crippen molar-refractivity contribution in [2.45, 2.75) is 32.0 Å². The van der Waals surface area contributed by atoms with Gasteiger partial charge in [0.15, 0.2) is 6.29 Å². The van der Waals surface area contributed by atoms with Gasteiger partial charge in [-0.25, -0.2) is 4.89 Å². The maximum atomic E-state index is 8.02. The molecule has 1 aliphatic rings. The Kier molecular flexibility index (Phi) is 5.27. The summed E-state index contributed by atoms with van der Waals surface area (Å²) in [7, 11) is 0. The normalized spacial score (nSPS) is 24.2. The second kappa shape index (κ2) is 6.37. The average molecular weight is 176 g/mol. The van der Waals surface area contributed by atoms with E-state index in [0.29, 0.717) is 19.6 Å². The summed E-state index contributed by atoms with van der Waals surface area (Å²) in [5.41, 5.74) is 0. The van der Waals surface area contributed by atoms with Crippen LogP contribution in [0.4, 0.5) is 0 Å². The average Bonchev–Trinajstić information content (AvgIpc) is 2.14. The lowest BCUT2D eigenvalue weighted by atomic mass is 10.2. The van der Waals surface area contributed by atoms with Crippen molar-refractivity contribution in [2.75, 3.05) is 19.8 Å². The monoisotopic (exact) mass is 176 g/mol. The van der Waals surface area contributed by atoms with Crippen LogP contribution in [-0.4, -0.2) is 31.4 Å². The highest BCUT2D eigenvalue weighted by Crippen LogP contribution is 2.13. The molecule has 72 valence electrons. The molecule has 0 bridgehead atoms. The summed E-state index contributed by atoms with van der Waals surface area (Å²) in [4.78, 5) is 3.91. The molecule has 12 heavy (non-hydrogen) atoms. The van der Waals surface area contributed by atoms with Crippen LogP contribution < -0.4 is 0 Å². The summed E-state index contributed by atoms with van der Waals surface area (Å²) in [5.74, 6) is 0. The smallest absolute Gasteiger partial charge is 0.157 e. The molecule has 0 aromatic heterocycles. The van der Waals surface area contributed by atoms with Crippen molar-refractivity contribution in [2.24, 2.45) is 0 Å². The van der Waals surface area contributed by atoms with E-state index < -0.39 is 0 Å². The number of hydrogen-bond donors (Lipinski definition) is 1. The Morgan fingerprint density at radius 1 is 1.33 bits per heavy atom. The molecule has 4 nitrogen and oxygen atoms in total. The van der Waals surface area contributed by atoms with Crippen molar-refractivity contribution >= 4 is 0 Å². The molecule has 1 rings (SSSR count). The van der Waals surface area contributed by atoms with Gasteiger partial charge in [0.25, 0.3) is 0 Å². The molecule has 0 radical (unpaired) electrons. The van der Waals surface area contributed by atoms with Gasteiger partial charge < -0.3 is 9.47 Å². The van der Waals surface area contributed by atoms with Crippen LogP contribution in [-0.2, 0) is 14.4 Å². The zero-order chi connectivity index (χ0) is 8.65. The molecule has 0 aliphatic carbocycles. The lowest BCUT2D eigenvalue weighted by Gasteiger charge is -2.22. The van der Waals surface area contributed by atoms with Crippen LogP contribution in [0, 0.1) is 0 Å². The Hall–Kier alpha value is -0.160. The minimum Gasteiger partial charge on any atom is -0.353 e. The van der Waals surface area contributed by atoms with E-state index in [9.17, 15) is 0 Å². The third kappa shape index (κ3) is 4.01. The maximum absolute atomic E-state index is 8.02. The van der Waals surface area contributed by atoms with Gasteiger partial charge in [0.2, 0.25) is 0 Å². The predicted octanol–water partition coefficient (Wildman–Crippen LogP) is 1.41. The van der Waals surface area contributed by atoms with E-state index in [4.69, 9.17) is 14.7 Å². The van der Waals surface area contributed by atoms with Crippen molar-refractivity contribution in [3.8, 4) is 0 Å². The van der Waals surface area contributed by atoms with E-state index in [1.54, 1.807) is 0 Å². The lowest BCUT2D eigenvalue weighted by molar-refractivity contribution is -0.247. The third-order valence-electron chi connectivity index (χ3n) is 1.82. The van der Waals surface area contributed by atoms with Gasteiger partial charge >= 0.3 is 0 Å². The first-order chi connectivity index (χ1) is 5.93. The molecule has 0 aromatic carbocycles. The van der Waals surface area contributed by atoms with Crippen LogP contribution in [0.3, 0.4) is 0 Å². The van der Waals surface area contributed by atoms with E-state index in [-0.39, 0.29) is 6.29 Å². The van der Waals surface area contributed by atoms with E-state index in [2.05, 4.69) is 4.89 Å². The number of ether oxygens (including phenoxy) is 2. The quantitative estimate of drug-likeness (QED) is 0.391. The SMILES string of the molecule is OOCCCOC1CCCCO1. The van der Waals surface area contributed by atoms with E-state index in [1.165, 1.54) is 6.42 Å². The largest absolute Gasteiger partial charge is 0.353 e. The van der Waals surface area contributed by atoms with Gasteiger partial charge in [-0.15, -0.1) is 0 Å². The first-order valence-electron chi connectivity index (χ1n) is 4.43. The van der Waals surface area contributed by atoms with Crippen LogP contribution in [0.25, 0.3) is 0 Å². The van der Waals surface area contributed by atoms with E-state index in [1.807, 2.05) is 0 Å². The summed E-state index contributed by atoms with van der Waals surface area (Å²) in [6.07, 6.45) is 3.98. The Bertz CT molecular complexity index is 101. The Morgan fingerprint density at radius 3 is 2.92 bits per heavy atom. The Morgan fingerprint density at radius 2 is 2.25 bits per heavy atom. The van der Waals surface area contributed by atoms with Crippen LogP contribution in [0.15, 0.2) is 0 Å². The van der Waals surface area contributed by atoms with Gasteiger partial charge in [-0.1, -0.05) is 0 Å². The summed E-state index contributed by atoms with van der Waals surface area (Å²) >= 11 is 0. The standard InChI is InChI=1S/C8H16O4/c9-12-7-3-6-11-8-4-1-2-5-10-8/h8-9H,1-7H2. The second-order valence-electron chi connectivity index (χ2n) is 2.85. The molecular formula is C8H16O4. The molecule has 1 saturated heterocycles. The molecule has 0 amide bonds. The summed E-state index contributed by atoms with van der Waals surface area (Å²) in [6, 6.07) is 0. The molecule has 0 spiro atoms. The molecule has 1 atom stereocenters. The van der Waals surface area contributed by atoms with Crippen molar-refractivity contribution in [1.29, 1.82) is 0 Å². The van der Waals surface area contributed by atoms with Crippen LogP contribution in [0.2, 0.25) is 0 Å². The van der Waals surface area contributed by atoms with Crippen LogP contribution in [0.1, 0.15) is 25.7 Å². The fraction of sp³-hybridized carbons (Fsp3) is 1.00. The molecule has 1 fully saturated rings. The second-order valence-corrected chi connectivity index (χ2v) is 2.85. The highest BCUT2D eigenvalue weighted by Gasteiger charge is 2.12.